The summed E-state index contributed by atoms with van der Waals surface area (Å²) in [6.45, 7) is 2.12. The minimum Gasteiger partial charge on any atom is -0.497 e. The van der Waals surface area contributed by atoms with Gasteiger partial charge in [0.15, 0.2) is 0 Å². The van der Waals surface area contributed by atoms with Crippen molar-refractivity contribution in [2.75, 3.05) is 27.7 Å². The van der Waals surface area contributed by atoms with Gasteiger partial charge in [0.25, 0.3) is 0 Å². The van der Waals surface area contributed by atoms with Crippen molar-refractivity contribution in [2.45, 2.75) is 31.5 Å². The van der Waals surface area contributed by atoms with E-state index in [1.807, 2.05) is 30.1 Å². The second kappa shape index (κ2) is 7.36. The van der Waals surface area contributed by atoms with Gasteiger partial charge in [0, 0.05) is 38.4 Å². The second-order valence-electron chi connectivity index (χ2n) is 6.93. The molecule has 0 saturated carbocycles. The van der Waals surface area contributed by atoms with Crippen molar-refractivity contribution in [2.24, 2.45) is 7.05 Å². The van der Waals surface area contributed by atoms with Gasteiger partial charge < -0.3 is 9.64 Å². The Morgan fingerprint density at radius 3 is 2.54 bits per heavy atom. The van der Waals surface area contributed by atoms with E-state index in [-0.39, 0.29) is 0 Å². The average molecular weight is 328 g/mol. The predicted octanol–water partition coefficient (Wildman–Crippen LogP) is 2.18. The van der Waals surface area contributed by atoms with E-state index in [1.54, 1.807) is 7.11 Å². The van der Waals surface area contributed by atoms with Crippen LogP contribution in [0.5, 0.6) is 5.75 Å². The van der Waals surface area contributed by atoms with Crippen LogP contribution in [0.3, 0.4) is 0 Å². The van der Waals surface area contributed by atoms with E-state index in [0.717, 1.165) is 25.3 Å². The van der Waals surface area contributed by atoms with Crippen LogP contribution in [0.15, 0.2) is 36.7 Å². The average Bonchev–Trinajstić information content (AvgIpc) is 3.15. The molecule has 1 aliphatic rings. The molecule has 24 heavy (non-hydrogen) atoms. The third kappa shape index (κ3) is 3.79. The van der Waals surface area contributed by atoms with E-state index in [1.165, 1.54) is 17.5 Å². The first kappa shape index (κ1) is 17.0. The molecular formula is C19H28N4O. The zero-order valence-electron chi connectivity index (χ0n) is 15.1. The normalized spacial score (nSPS) is 21.5. The number of hydrogen-bond acceptors (Lipinski definition) is 4. The van der Waals surface area contributed by atoms with Crippen molar-refractivity contribution in [3.05, 3.63) is 47.8 Å². The Bertz CT molecular complexity index is 650. The molecule has 0 bridgehead atoms. The molecule has 0 aliphatic carbocycles. The highest BCUT2D eigenvalue weighted by Crippen LogP contribution is 2.27. The number of rotatable bonds is 6. The molecule has 0 spiro atoms. The topological polar surface area (TPSA) is 33.5 Å². The van der Waals surface area contributed by atoms with E-state index >= 15 is 0 Å². The molecular weight excluding hydrogens is 300 g/mol. The second-order valence-corrected chi connectivity index (χ2v) is 6.93. The van der Waals surface area contributed by atoms with Gasteiger partial charge >= 0.3 is 0 Å². The summed E-state index contributed by atoms with van der Waals surface area (Å²) < 4.78 is 7.15. The fourth-order valence-corrected chi connectivity index (χ4v) is 3.75. The van der Waals surface area contributed by atoms with Crippen LogP contribution < -0.4 is 4.74 Å². The highest BCUT2D eigenvalue weighted by Gasteiger charge is 2.35. The Hall–Kier alpha value is -1.85. The van der Waals surface area contributed by atoms with Crippen molar-refractivity contribution < 1.29 is 4.74 Å². The summed E-state index contributed by atoms with van der Waals surface area (Å²) >= 11 is 0. The Labute approximate surface area is 144 Å². The fourth-order valence-electron chi connectivity index (χ4n) is 3.75. The predicted molar refractivity (Wildman–Crippen MR) is 96.2 cm³/mol. The molecule has 1 saturated heterocycles. The number of benzene rings is 1. The van der Waals surface area contributed by atoms with Crippen LogP contribution >= 0.6 is 0 Å². The minimum absolute atomic E-state index is 0.520. The number of nitrogens with zero attached hydrogens (tertiary/aromatic N) is 4. The summed E-state index contributed by atoms with van der Waals surface area (Å²) in [5, 5.41) is 4.33. The smallest absolute Gasteiger partial charge is 0.118 e. The Morgan fingerprint density at radius 1 is 1.21 bits per heavy atom. The van der Waals surface area contributed by atoms with Crippen molar-refractivity contribution in [1.29, 1.82) is 0 Å². The van der Waals surface area contributed by atoms with Gasteiger partial charge in [0.1, 0.15) is 5.75 Å². The van der Waals surface area contributed by atoms with Gasteiger partial charge in [-0.2, -0.15) is 5.10 Å². The van der Waals surface area contributed by atoms with Gasteiger partial charge in [-0.05, 0) is 50.2 Å². The number of likely N-dealkylation sites (N-methyl/N-ethyl adjacent to an activating group) is 1. The van der Waals surface area contributed by atoms with E-state index in [9.17, 15) is 0 Å². The van der Waals surface area contributed by atoms with E-state index in [0.29, 0.717) is 12.1 Å². The number of aromatic nitrogens is 2. The van der Waals surface area contributed by atoms with Crippen LogP contribution in [-0.2, 0) is 20.0 Å². The van der Waals surface area contributed by atoms with Crippen LogP contribution in [0.25, 0.3) is 0 Å². The summed E-state index contributed by atoms with van der Waals surface area (Å²) in [4.78, 5) is 4.98. The lowest BCUT2D eigenvalue weighted by atomic mass is 10.0. The Balaban J connectivity index is 1.74. The lowest BCUT2D eigenvalue weighted by Gasteiger charge is -2.31. The van der Waals surface area contributed by atoms with Crippen molar-refractivity contribution in [1.82, 2.24) is 19.6 Å². The molecule has 5 heteroatoms. The SMILES string of the molecule is COc1ccc(CN2CC[C@@H](N(C)C)[C@@H]2Cc2cnn(C)c2)cc1. The van der Waals surface area contributed by atoms with Gasteiger partial charge in [-0.25, -0.2) is 0 Å². The van der Waals surface area contributed by atoms with Crippen LogP contribution in [-0.4, -0.2) is 59.4 Å². The molecule has 0 N–H and O–H groups in total. The van der Waals surface area contributed by atoms with Crippen LogP contribution in [0, 0.1) is 0 Å². The minimum atomic E-state index is 0.520. The van der Waals surface area contributed by atoms with Crippen LogP contribution in [0.4, 0.5) is 0 Å². The first-order valence-electron chi connectivity index (χ1n) is 8.57. The number of methoxy groups -OCH3 is 1. The van der Waals surface area contributed by atoms with E-state index in [2.05, 4.69) is 47.3 Å². The summed E-state index contributed by atoms with van der Waals surface area (Å²) in [5.74, 6) is 0.915. The third-order valence-electron chi connectivity index (χ3n) is 5.04. The highest BCUT2D eigenvalue weighted by molar-refractivity contribution is 5.27. The van der Waals surface area contributed by atoms with Crippen molar-refractivity contribution >= 4 is 0 Å². The molecule has 0 unspecified atom stereocenters. The first-order valence-corrected chi connectivity index (χ1v) is 8.57. The summed E-state index contributed by atoms with van der Waals surface area (Å²) in [6, 6.07) is 9.54. The molecule has 2 heterocycles. The molecule has 2 aromatic rings. The monoisotopic (exact) mass is 328 g/mol. The number of ether oxygens (including phenoxy) is 1. The summed E-state index contributed by atoms with van der Waals surface area (Å²) in [7, 11) is 8.08. The number of aryl methyl sites for hydroxylation is 1. The maximum atomic E-state index is 5.26. The largest absolute Gasteiger partial charge is 0.497 e. The number of hydrogen-bond donors (Lipinski definition) is 0. The first-order chi connectivity index (χ1) is 11.6. The standard InChI is InChI=1S/C19H28N4O/c1-21(2)18-9-10-23(14-15-5-7-17(24-4)8-6-15)19(18)11-16-12-20-22(3)13-16/h5-8,12-13,18-19H,9-11,14H2,1-4H3/t18-,19+/m1/s1. The quantitative estimate of drug-likeness (QED) is 0.814. The Morgan fingerprint density at radius 2 is 1.96 bits per heavy atom. The van der Waals surface area contributed by atoms with Crippen molar-refractivity contribution in [3.63, 3.8) is 0 Å². The molecule has 130 valence electrons. The lowest BCUT2D eigenvalue weighted by Crippen LogP contribution is -2.43. The molecule has 1 aliphatic heterocycles. The van der Waals surface area contributed by atoms with Gasteiger partial charge in [-0.15, -0.1) is 0 Å². The van der Waals surface area contributed by atoms with E-state index < -0.39 is 0 Å². The molecule has 3 rings (SSSR count). The lowest BCUT2D eigenvalue weighted by molar-refractivity contribution is 0.178. The van der Waals surface area contributed by atoms with Gasteiger partial charge in [0.2, 0.25) is 0 Å². The van der Waals surface area contributed by atoms with Crippen molar-refractivity contribution in [3.8, 4) is 5.75 Å². The zero-order chi connectivity index (χ0) is 17.1. The van der Waals surface area contributed by atoms with Crippen LogP contribution in [0.2, 0.25) is 0 Å². The highest BCUT2D eigenvalue weighted by atomic mass is 16.5. The van der Waals surface area contributed by atoms with Gasteiger partial charge in [-0.1, -0.05) is 12.1 Å². The molecule has 0 radical (unpaired) electrons. The third-order valence-corrected chi connectivity index (χ3v) is 5.04. The summed E-state index contributed by atoms with van der Waals surface area (Å²) in [5.41, 5.74) is 2.65. The van der Waals surface area contributed by atoms with Gasteiger partial charge in [-0.3, -0.25) is 9.58 Å². The Kier molecular flexibility index (Phi) is 5.21. The maximum absolute atomic E-state index is 5.26. The summed E-state index contributed by atoms with van der Waals surface area (Å²) in [6.07, 6.45) is 6.40. The van der Waals surface area contributed by atoms with E-state index in [4.69, 9.17) is 4.74 Å². The fraction of sp³-hybridized carbons (Fsp3) is 0.526. The van der Waals surface area contributed by atoms with Gasteiger partial charge in [0.05, 0.1) is 13.3 Å². The maximum Gasteiger partial charge on any atom is 0.118 e. The molecule has 2 atom stereocenters. The molecule has 5 nitrogen and oxygen atoms in total. The molecule has 1 aromatic carbocycles. The number of likely N-dealkylation sites (tertiary alicyclic amines) is 1. The molecule has 1 aromatic heterocycles. The molecule has 1 fully saturated rings. The zero-order valence-corrected chi connectivity index (χ0v) is 15.1. The molecule has 0 amide bonds. The van der Waals surface area contributed by atoms with Crippen LogP contribution in [0.1, 0.15) is 17.5 Å².